The summed E-state index contributed by atoms with van der Waals surface area (Å²) in [4.78, 5) is 0. The van der Waals surface area contributed by atoms with Crippen molar-refractivity contribution in [3.8, 4) is 5.75 Å². The van der Waals surface area contributed by atoms with Crippen LogP contribution < -0.4 is 10.1 Å². The van der Waals surface area contributed by atoms with Crippen molar-refractivity contribution in [2.75, 3.05) is 19.0 Å². The Bertz CT molecular complexity index is 381. The van der Waals surface area contributed by atoms with E-state index in [0.29, 0.717) is 6.04 Å². The van der Waals surface area contributed by atoms with Gasteiger partial charge in [0.25, 0.3) is 0 Å². The van der Waals surface area contributed by atoms with Gasteiger partial charge in [-0.3, -0.25) is 0 Å². The van der Waals surface area contributed by atoms with Crippen molar-refractivity contribution in [2.45, 2.75) is 38.6 Å². The van der Waals surface area contributed by atoms with E-state index in [9.17, 15) is 0 Å². The molecule has 0 aliphatic carbocycles. The van der Waals surface area contributed by atoms with Crippen LogP contribution in [0.4, 0.5) is 0 Å². The molecule has 0 radical (unpaired) electrons. The molecule has 1 aliphatic heterocycles. The second-order valence-corrected chi connectivity index (χ2v) is 5.21. The largest absolute Gasteiger partial charge is 0.493 e. The molecule has 18 heavy (non-hydrogen) atoms. The lowest BCUT2D eigenvalue weighted by atomic mass is 10.1. The molecule has 0 aromatic heterocycles. The summed E-state index contributed by atoms with van der Waals surface area (Å²) in [6, 6.07) is 7.12. The maximum Gasteiger partial charge on any atom is 0.122 e. The molecule has 0 spiro atoms. The summed E-state index contributed by atoms with van der Waals surface area (Å²) >= 11 is 5.78. The SMILES string of the molecule is CCC(CCCl)NCCc1ccc2c(c1)CCO2. The number of benzene rings is 1. The molecule has 1 atom stereocenters. The summed E-state index contributed by atoms with van der Waals surface area (Å²) in [6.07, 6.45) is 4.33. The standard InChI is InChI=1S/C15H22ClNO/c1-2-14(5-8-16)17-9-6-12-3-4-15-13(11-12)7-10-18-15/h3-4,11,14,17H,2,5-10H2,1H3. The average Bonchev–Trinajstić information content (AvgIpc) is 2.85. The first-order chi connectivity index (χ1) is 8.83. The van der Waals surface area contributed by atoms with Gasteiger partial charge in [-0.2, -0.15) is 0 Å². The van der Waals surface area contributed by atoms with Gasteiger partial charge >= 0.3 is 0 Å². The monoisotopic (exact) mass is 267 g/mol. The Morgan fingerprint density at radius 1 is 1.44 bits per heavy atom. The zero-order valence-corrected chi connectivity index (χ0v) is 11.8. The summed E-state index contributed by atoms with van der Waals surface area (Å²) in [5.41, 5.74) is 2.76. The van der Waals surface area contributed by atoms with Gasteiger partial charge in [0.15, 0.2) is 0 Å². The molecular formula is C15H22ClNO. The van der Waals surface area contributed by atoms with Crippen LogP contribution in [0.5, 0.6) is 5.75 Å². The molecule has 0 fully saturated rings. The van der Waals surface area contributed by atoms with E-state index in [1.54, 1.807) is 0 Å². The van der Waals surface area contributed by atoms with Crippen molar-refractivity contribution < 1.29 is 4.74 Å². The number of alkyl halides is 1. The molecule has 0 bridgehead atoms. The lowest BCUT2D eigenvalue weighted by Gasteiger charge is -2.15. The number of hydrogen-bond acceptors (Lipinski definition) is 2. The highest BCUT2D eigenvalue weighted by atomic mass is 35.5. The highest BCUT2D eigenvalue weighted by molar-refractivity contribution is 6.17. The van der Waals surface area contributed by atoms with Crippen LogP contribution >= 0.6 is 11.6 Å². The van der Waals surface area contributed by atoms with Crippen molar-refractivity contribution in [1.29, 1.82) is 0 Å². The van der Waals surface area contributed by atoms with E-state index in [1.807, 2.05) is 0 Å². The van der Waals surface area contributed by atoms with Crippen molar-refractivity contribution in [3.63, 3.8) is 0 Å². The van der Waals surface area contributed by atoms with Gasteiger partial charge in [-0.1, -0.05) is 19.1 Å². The Labute approximate surface area is 115 Å². The van der Waals surface area contributed by atoms with Crippen LogP contribution in [0, 0.1) is 0 Å². The Balaban J connectivity index is 1.79. The third-order valence-corrected chi connectivity index (χ3v) is 3.77. The Kier molecular flexibility index (Phi) is 5.33. The van der Waals surface area contributed by atoms with E-state index >= 15 is 0 Å². The Morgan fingerprint density at radius 2 is 2.33 bits per heavy atom. The number of hydrogen-bond donors (Lipinski definition) is 1. The number of nitrogens with one attached hydrogen (secondary N) is 1. The molecule has 1 heterocycles. The van der Waals surface area contributed by atoms with Gasteiger partial charge in [0, 0.05) is 18.3 Å². The van der Waals surface area contributed by atoms with Crippen LogP contribution in [0.15, 0.2) is 18.2 Å². The van der Waals surface area contributed by atoms with Crippen LogP contribution in [0.3, 0.4) is 0 Å². The topological polar surface area (TPSA) is 21.3 Å². The van der Waals surface area contributed by atoms with Gasteiger partial charge < -0.3 is 10.1 Å². The van der Waals surface area contributed by atoms with Crippen molar-refractivity contribution in [2.24, 2.45) is 0 Å². The fourth-order valence-corrected chi connectivity index (χ4v) is 2.66. The summed E-state index contributed by atoms with van der Waals surface area (Å²) in [7, 11) is 0. The van der Waals surface area contributed by atoms with E-state index in [-0.39, 0.29) is 0 Å². The third-order valence-electron chi connectivity index (χ3n) is 3.55. The number of halogens is 1. The predicted octanol–water partition coefficient (Wildman–Crippen LogP) is 3.16. The molecule has 1 aliphatic rings. The maximum atomic E-state index is 5.78. The fourth-order valence-electron chi connectivity index (χ4n) is 2.40. The normalized spacial score (nSPS) is 15.2. The minimum Gasteiger partial charge on any atom is -0.493 e. The lowest BCUT2D eigenvalue weighted by molar-refractivity contribution is 0.357. The molecule has 2 rings (SSSR count). The van der Waals surface area contributed by atoms with Gasteiger partial charge in [-0.15, -0.1) is 11.6 Å². The lowest BCUT2D eigenvalue weighted by Crippen LogP contribution is -2.30. The van der Waals surface area contributed by atoms with Gasteiger partial charge in [-0.05, 0) is 43.0 Å². The zero-order valence-electron chi connectivity index (χ0n) is 11.0. The summed E-state index contributed by atoms with van der Waals surface area (Å²) in [5, 5.41) is 3.57. The molecule has 0 saturated carbocycles. The molecule has 1 aromatic rings. The first-order valence-corrected chi connectivity index (χ1v) is 7.41. The van der Waals surface area contributed by atoms with E-state index in [4.69, 9.17) is 16.3 Å². The molecular weight excluding hydrogens is 246 g/mol. The van der Waals surface area contributed by atoms with Crippen LogP contribution in [-0.4, -0.2) is 25.1 Å². The molecule has 0 amide bonds. The Hall–Kier alpha value is -0.730. The van der Waals surface area contributed by atoms with Gasteiger partial charge in [-0.25, -0.2) is 0 Å². The van der Waals surface area contributed by atoms with E-state index in [2.05, 4.69) is 30.4 Å². The second-order valence-electron chi connectivity index (χ2n) is 4.83. The van der Waals surface area contributed by atoms with Crippen LogP contribution in [0.2, 0.25) is 0 Å². The number of ether oxygens (including phenoxy) is 1. The number of rotatable bonds is 7. The maximum absolute atomic E-state index is 5.78. The first-order valence-electron chi connectivity index (χ1n) is 6.87. The quantitative estimate of drug-likeness (QED) is 0.767. The summed E-state index contributed by atoms with van der Waals surface area (Å²) in [6.45, 7) is 4.07. The average molecular weight is 268 g/mol. The van der Waals surface area contributed by atoms with E-state index in [0.717, 1.165) is 50.5 Å². The predicted molar refractivity (Wildman–Crippen MR) is 76.8 cm³/mol. The molecule has 3 heteroatoms. The van der Waals surface area contributed by atoms with E-state index < -0.39 is 0 Å². The smallest absolute Gasteiger partial charge is 0.122 e. The second kappa shape index (κ2) is 7.01. The highest BCUT2D eigenvalue weighted by Crippen LogP contribution is 2.25. The fraction of sp³-hybridized carbons (Fsp3) is 0.600. The molecule has 100 valence electrons. The molecule has 1 unspecified atom stereocenters. The minimum atomic E-state index is 0.556. The Morgan fingerprint density at radius 3 is 3.11 bits per heavy atom. The molecule has 2 nitrogen and oxygen atoms in total. The molecule has 1 N–H and O–H groups in total. The van der Waals surface area contributed by atoms with Gasteiger partial charge in [0.1, 0.15) is 5.75 Å². The van der Waals surface area contributed by atoms with Crippen molar-refractivity contribution >= 4 is 11.6 Å². The van der Waals surface area contributed by atoms with Gasteiger partial charge in [0.05, 0.1) is 6.61 Å². The summed E-state index contributed by atoms with van der Waals surface area (Å²) < 4.78 is 5.52. The minimum absolute atomic E-state index is 0.556. The molecule has 0 saturated heterocycles. The first kappa shape index (κ1) is 13.7. The van der Waals surface area contributed by atoms with Crippen LogP contribution in [0.25, 0.3) is 0 Å². The zero-order chi connectivity index (χ0) is 12.8. The van der Waals surface area contributed by atoms with Crippen molar-refractivity contribution in [1.82, 2.24) is 5.32 Å². The number of fused-ring (bicyclic) bond motifs is 1. The third kappa shape index (κ3) is 3.63. The van der Waals surface area contributed by atoms with Crippen LogP contribution in [-0.2, 0) is 12.8 Å². The van der Waals surface area contributed by atoms with Crippen molar-refractivity contribution in [3.05, 3.63) is 29.3 Å². The molecule has 1 aromatic carbocycles. The van der Waals surface area contributed by atoms with Gasteiger partial charge in [0.2, 0.25) is 0 Å². The summed E-state index contributed by atoms with van der Waals surface area (Å²) in [5.74, 6) is 1.81. The highest BCUT2D eigenvalue weighted by Gasteiger charge is 2.12. The van der Waals surface area contributed by atoms with E-state index in [1.165, 1.54) is 11.1 Å². The van der Waals surface area contributed by atoms with Crippen LogP contribution in [0.1, 0.15) is 30.9 Å².